The lowest BCUT2D eigenvalue weighted by atomic mass is 10.0. The summed E-state index contributed by atoms with van der Waals surface area (Å²) in [6.07, 6.45) is 2.27. The summed E-state index contributed by atoms with van der Waals surface area (Å²) in [5.74, 6) is 3.61. The van der Waals surface area contributed by atoms with E-state index in [1.807, 2.05) is 0 Å². The molecule has 1 aromatic carbocycles. The first-order chi connectivity index (χ1) is 10.3. The Morgan fingerprint density at radius 1 is 1.33 bits per heavy atom. The zero-order valence-electron chi connectivity index (χ0n) is 12.3. The van der Waals surface area contributed by atoms with Crippen LogP contribution in [0.4, 0.5) is 0 Å². The number of ether oxygens (including phenoxy) is 1. The number of thioether (sulfide) groups is 1. The Balaban J connectivity index is 1.57. The van der Waals surface area contributed by atoms with Crippen LogP contribution >= 0.6 is 27.7 Å². The maximum absolute atomic E-state index is 5.87. The molecule has 116 valence electrons. The van der Waals surface area contributed by atoms with Crippen LogP contribution in [0.5, 0.6) is 5.75 Å². The molecule has 1 unspecified atom stereocenters. The number of hydrogen-bond acceptors (Lipinski definition) is 4. The van der Waals surface area contributed by atoms with Crippen molar-refractivity contribution in [2.45, 2.75) is 18.9 Å². The molecule has 3 rings (SSSR count). The molecule has 5 heteroatoms. The zero-order valence-corrected chi connectivity index (χ0v) is 14.7. The normalized spacial score (nSPS) is 23.2. The molecule has 2 heterocycles. The van der Waals surface area contributed by atoms with Crippen molar-refractivity contribution in [3.8, 4) is 5.75 Å². The average Bonchev–Trinajstić information content (AvgIpc) is 2.70. The molecule has 1 saturated heterocycles. The van der Waals surface area contributed by atoms with Gasteiger partial charge in [-0.2, -0.15) is 11.8 Å². The molecule has 0 amide bonds. The molecule has 2 aliphatic rings. The van der Waals surface area contributed by atoms with E-state index in [2.05, 4.69) is 56.1 Å². The number of fused-ring (bicyclic) bond motifs is 1. The second-order valence-electron chi connectivity index (χ2n) is 5.63. The Morgan fingerprint density at radius 3 is 3.05 bits per heavy atom. The summed E-state index contributed by atoms with van der Waals surface area (Å²) in [5, 5.41) is 3.74. The van der Waals surface area contributed by atoms with E-state index in [4.69, 9.17) is 4.74 Å². The predicted molar refractivity (Wildman–Crippen MR) is 93.4 cm³/mol. The summed E-state index contributed by atoms with van der Waals surface area (Å²) >= 11 is 5.60. The molecule has 1 atom stereocenters. The second kappa shape index (κ2) is 7.86. The van der Waals surface area contributed by atoms with Gasteiger partial charge in [-0.3, -0.25) is 0 Å². The van der Waals surface area contributed by atoms with Crippen molar-refractivity contribution in [3.63, 3.8) is 0 Å². The molecule has 0 saturated carbocycles. The summed E-state index contributed by atoms with van der Waals surface area (Å²) in [7, 11) is 0. The molecule has 1 N–H and O–H groups in total. The summed E-state index contributed by atoms with van der Waals surface area (Å²) in [6.45, 7) is 5.52. The van der Waals surface area contributed by atoms with E-state index in [1.165, 1.54) is 30.2 Å². The van der Waals surface area contributed by atoms with Gasteiger partial charge in [0.1, 0.15) is 5.75 Å². The van der Waals surface area contributed by atoms with Crippen LogP contribution in [0.25, 0.3) is 0 Å². The van der Waals surface area contributed by atoms with Crippen LogP contribution in [0, 0.1) is 0 Å². The second-order valence-corrected chi connectivity index (χ2v) is 7.77. The minimum absolute atomic E-state index is 0.426. The molecule has 0 aromatic heterocycles. The van der Waals surface area contributed by atoms with Crippen molar-refractivity contribution in [3.05, 3.63) is 28.2 Å². The molecule has 0 radical (unpaired) electrons. The topological polar surface area (TPSA) is 24.5 Å². The minimum atomic E-state index is 0.426. The molecule has 2 aliphatic heterocycles. The highest BCUT2D eigenvalue weighted by molar-refractivity contribution is 9.10. The highest BCUT2D eigenvalue weighted by atomic mass is 79.9. The lowest BCUT2D eigenvalue weighted by molar-refractivity contribution is 0.292. The van der Waals surface area contributed by atoms with E-state index in [1.54, 1.807) is 0 Å². The Bertz CT molecular complexity index is 466. The van der Waals surface area contributed by atoms with Gasteiger partial charge in [0.05, 0.1) is 6.61 Å². The number of hydrogen-bond donors (Lipinski definition) is 1. The van der Waals surface area contributed by atoms with Crippen LogP contribution in [0.15, 0.2) is 22.7 Å². The summed E-state index contributed by atoms with van der Waals surface area (Å²) in [6, 6.07) is 6.83. The molecule has 0 aliphatic carbocycles. The average molecular weight is 371 g/mol. The van der Waals surface area contributed by atoms with E-state index in [-0.39, 0.29) is 0 Å². The third kappa shape index (κ3) is 4.38. The molecule has 0 spiro atoms. The first-order valence-corrected chi connectivity index (χ1v) is 9.73. The Morgan fingerprint density at radius 2 is 2.19 bits per heavy atom. The molecule has 21 heavy (non-hydrogen) atoms. The SMILES string of the molecule is Brc1ccc2c(c1)OCCCC2NCCN1CCSCC1. The highest BCUT2D eigenvalue weighted by Crippen LogP contribution is 2.33. The quantitative estimate of drug-likeness (QED) is 0.878. The van der Waals surface area contributed by atoms with Crippen molar-refractivity contribution in [1.82, 2.24) is 10.2 Å². The van der Waals surface area contributed by atoms with Gasteiger partial charge in [-0.25, -0.2) is 0 Å². The van der Waals surface area contributed by atoms with Crippen molar-refractivity contribution < 1.29 is 4.74 Å². The van der Waals surface area contributed by atoms with Gasteiger partial charge in [0, 0.05) is 53.8 Å². The van der Waals surface area contributed by atoms with Crippen molar-refractivity contribution in [2.75, 3.05) is 44.3 Å². The summed E-state index contributed by atoms with van der Waals surface area (Å²) in [4.78, 5) is 2.57. The van der Waals surface area contributed by atoms with E-state index < -0.39 is 0 Å². The van der Waals surface area contributed by atoms with Crippen LogP contribution in [0.2, 0.25) is 0 Å². The monoisotopic (exact) mass is 370 g/mol. The Kier molecular flexibility index (Phi) is 5.86. The van der Waals surface area contributed by atoms with E-state index in [0.717, 1.165) is 42.8 Å². The fourth-order valence-electron chi connectivity index (χ4n) is 2.98. The van der Waals surface area contributed by atoms with Gasteiger partial charge >= 0.3 is 0 Å². The number of halogens is 1. The molecule has 3 nitrogen and oxygen atoms in total. The minimum Gasteiger partial charge on any atom is -0.493 e. The summed E-state index contributed by atoms with van der Waals surface area (Å²) in [5.41, 5.74) is 1.31. The number of benzene rings is 1. The van der Waals surface area contributed by atoms with Crippen LogP contribution in [-0.2, 0) is 0 Å². The van der Waals surface area contributed by atoms with Gasteiger partial charge in [0.25, 0.3) is 0 Å². The van der Waals surface area contributed by atoms with Crippen LogP contribution in [0.3, 0.4) is 0 Å². The Labute approximate surface area is 139 Å². The number of rotatable bonds is 4. The lowest BCUT2D eigenvalue weighted by Crippen LogP contribution is -2.38. The van der Waals surface area contributed by atoms with Crippen molar-refractivity contribution in [1.29, 1.82) is 0 Å². The standard InChI is InChI=1S/C16H23BrN2OS/c17-13-3-4-14-15(2-1-9-20-16(14)12-13)18-5-6-19-7-10-21-11-8-19/h3-4,12,15,18H,1-2,5-11H2. The number of nitrogens with one attached hydrogen (secondary N) is 1. The van der Waals surface area contributed by atoms with Gasteiger partial charge in [0.15, 0.2) is 0 Å². The third-order valence-electron chi connectivity index (χ3n) is 4.17. The first-order valence-electron chi connectivity index (χ1n) is 7.79. The fraction of sp³-hybridized carbons (Fsp3) is 0.625. The van der Waals surface area contributed by atoms with Crippen molar-refractivity contribution >= 4 is 27.7 Å². The predicted octanol–water partition coefficient (Wildman–Crippen LogP) is 3.30. The van der Waals surface area contributed by atoms with E-state index in [0.29, 0.717) is 6.04 Å². The number of nitrogens with zero attached hydrogens (tertiary/aromatic N) is 1. The van der Waals surface area contributed by atoms with Gasteiger partial charge in [-0.05, 0) is 25.0 Å². The van der Waals surface area contributed by atoms with Gasteiger partial charge < -0.3 is 15.0 Å². The van der Waals surface area contributed by atoms with Crippen LogP contribution < -0.4 is 10.1 Å². The lowest BCUT2D eigenvalue weighted by Gasteiger charge is -2.27. The molecule has 1 fully saturated rings. The van der Waals surface area contributed by atoms with Crippen LogP contribution in [0.1, 0.15) is 24.4 Å². The zero-order chi connectivity index (χ0) is 14.5. The van der Waals surface area contributed by atoms with Gasteiger partial charge in [-0.1, -0.05) is 22.0 Å². The van der Waals surface area contributed by atoms with E-state index in [9.17, 15) is 0 Å². The maximum atomic E-state index is 5.87. The fourth-order valence-corrected chi connectivity index (χ4v) is 4.30. The largest absolute Gasteiger partial charge is 0.493 e. The van der Waals surface area contributed by atoms with Crippen LogP contribution in [-0.4, -0.2) is 49.2 Å². The smallest absolute Gasteiger partial charge is 0.125 e. The summed E-state index contributed by atoms with van der Waals surface area (Å²) < 4.78 is 6.96. The van der Waals surface area contributed by atoms with E-state index >= 15 is 0 Å². The molecular formula is C16H23BrN2OS. The maximum Gasteiger partial charge on any atom is 0.125 e. The highest BCUT2D eigenvalue weighted by Gasteiger charge is 2.20. The van der Waals surface area contributed by atoms with Crippen molar-refractivity contribution in [2.24, 2.45) is 0 Å². The third-order valence-corrected chi connectivity index (χ3v) is 5.60. The van der Waals surface area contributed by atoms with Gasteiger partial charge in [-0.15, -0.1) is 0 Å². The molecule has 1 aromatic rings. The van der Waals surface area contributed by atoms with Gasteiger partial charge in [0.2, 0.25) is 0 Å². The molecular weight excluding hydrogens is 348 g/mol. The Hall–Kier alpha value is -0.230. The first kappa shape index (κ1) is 15.7. The molecule has 0 bridgehead atoms.